The third-order valence-electron chi connectivity index (χ3n) is 5.26. The van der Waals surface area contributed by atoms with Gasteiger partial charge in [-0.1, -0.05) is 60.7 Å². The molecule has 1 aromatic heterocycles. The minimum absolute atomic E-state index is 0.986. The normalized spacial score (nSPS) is 11.7. The molecule has 2 nitrogen and oxygen atoms in total. The quantitative estimate of drug-likeness (QED) is 0.273. The summed E-state index contributed by atoms with van der Waals surface area (Å²) in [6.45, 7) is 0. The molecular weight excluding hydrogens is 359 g/mol. The summed E-state index contributed by atoms with van der Waals surface area (Å²) in [5, 5.41) is 7.59. The second-order valence-electron chi connectivity index (χ2n) is 6.65. The number of nitrogens with zero attached hydrogens (tertiary/aromatic N) is 2. The first-order valence-corrected chi connectivity index (χ1v) is 10.8. The summed E-state index contributed by atoms with van der Waals surface area (Å²) < 4.78 is 4.43. The SMILES string of the molecule is Cn1c2ccc3ccccc3c2c2c3ccccc3ccc2n(C)p1Cl. The van der Waals surface area contributed by atoms with Crippen molar-refractivity contribution in [1.82, 2.24) is 8.66 Å². The lowest BCUT2D eigenvalue weighted by Gasteiger charge is -2.08. The second kappa shape index (κ2) is 5.81. The van der Waals surface area contributed by atoms with E-state index in [0.717, 1.165) is 0 Å². The summed E-state index contributed by atoms with van der Waals surface area (Å²) in [6, 6.07) is 26.0. The van der Waals surface area contributed by atoms with Gasteiger partial charge >= 0.3 is 0 Å². The van der Waals surface area contributed by atoms with Gasteiger partial charge in [0.15, 0.2) is 0 Å². The largest absolute Gasteiger partial charge is 0.309 e. The zero-order valence-corrected chi connectivity index (χ0v) is 16.3. The topological polar surface area (TPSA) is 9.86 Å². The van der Waals surface area contributed by atoms with E-state index in [1.54, 1.807) is 0 Å². The number of hydrogen-bond donors (Lipinski definition) is 0. The highest BCUT2D eigenvalue weighted by Crippen LogP contribution is 2.41. The molecular formula is C22H18ClN2P. The zero-order valence-electron chi connectivity index (χ0n) is 14.6. The zero-order chi connectivity index (χ0) is 17.8. The molecule has 26 heavy (non-hydrogen) atoms. The van der Waals surface area contributed by atoms with E-state index in [9.17, 15) is 0 Å². The monoisotopic (exact) mass is 376 g/mol. The lowest BCUT2D eigenvalue weighted by Crippen LogP contribution is -1.90. The highest BCUT2D eigenvalue weighted by molar-refractivity contribution is 7.72. The number of hydrogen-bond acceptors (Lipinski definition) is 0. The number of halogens is 1. The molecule has 0 saturated carbocycles. The molecule has 0 aliphatic rings. The van der Waals surface area contributed by atoms with E-state index in [2.05, 4.69) is 95.6 Å². The van der Waals surface area contributed by atoms with Crippen LogP contribution in [0.15, 0.2) is 72.8 Å². The molecule has 0 spiro atoms. The van der Waals surface area contributed by atoms with E-state index in [4.69, 9.17) is 11.2 Å². The van der Waals surface area contributed by atoms with Crippen molar-refractivity contribution in [3.05, 3.63) is 72.8 Å². The summed E-state index contributed by atoms with van der Waals surface area (Å²) in [5.41, 5.74) is 2.37. The van der Waals surface area contributed by atoms with Gasteiger partial charge in [-0.05, 0) is 44.9 Å². The van der Waals surface area contributed by atoms with Crippen LogP contribution < -0.4 is 0 Å². The average molecular weight is 377 g/mol. The highest BCUT2D eigenvalue weighted by Gasteiger charge is 2.12. The van der Waals surface area contributed by atoms with E-state index >= 15 is 0 Å². The summed E-state index contributed by atoms with van der Waals surface area (Å²) in [6.07, 6.45) is 0. The van der Waals surface area contributed by atoms with Crippen LogP contribution in [0.1, 0.15) is 0 Å². The molecule has 1 heterocycles. The fourth-order valence-electron chi connectivity index (χ4n) is 3.96. The van der Waals surface area contributed by atoms with Gasteiger partial charge in [0.25, 0.3) is 0 Å². The molecule has 5 aromatic rings. The van der Waals surface area contributed by atoms with Gasteiger partial charge in [0.1, 0.15) is 7.20 Å². The molecule has 0 N–H and O–H groups in total. The number of fused-ring (bicyclic) bond motifs is 7. The molecule has 128 valence electrons. The van der Waals surface area contributed by atoms with Crippen molar-refractivity contribution in [1.29, 1.82) is 0 Å². The van der Waals surface area contributed by atoms with Crippen LogP contribution >= 0.6 is 18.4 Å². The highest BCUT2D eigenvalue weighted by atomic mass is 35.7. The molecule has 0 aliphatic heterocycles. The summed E-state index contributed by atoms with van der Waals surface area (Å²) in [7, 11) is 3.20. The molecule has 0 radical (unpaired) electrons. The smallest absolute Gasteiger partial charge is 0.126 e. The van der Waals surface area contributed by atoms with Crippen LogP contribution in [0.25, 0.3) is 43.4 Å². The molecule has 0 aliphatic carbocycles. The van der Waals surface area contributed by atoms with E-state index in [-0.39, 0.29) is 0 Å². The van der Waals surface area contributed by atoms with Gasteiger partial charge in [0, 0.05) is 24.9 Å². The van der Waals surface area contributed by atoms with Crippen LogP contribution in [-0.2, 0) is 14.1 Å². The Hall–Kier alpha value is -2.41. The van der Waals surface area contributed by atoms with Gasteiger partial charge in [-0.25, -0.2) is 0 Å². The fraction of sp³-hybridized carbons (Fsp3) is 0.0909. The molecule has 0 unspecified atom stereocenters. The van der Waals surface area contributed by atoms with Crippen molar-refractivity contribution in [3.63, 3.8) is 0 Å². The minimum Gasteiger partial charge on any atom is -0.309 e. The fourth-order valence-corrected chi connectivity index (χ4v) is 5.54. The first-order chi connectivity index (χ1) is 12.7. The Balaban J connectivity index is 2.29. The standard InChI is InChI=1S/C22H18ClN2P/c1-24-19-13-11-15-7-3-5-9-17(15)21(19)22-18-10-6-4-8-16(18)12-14-20(22)25(2)26(24)23/h3-14H,1-2H3. The van der Waals surface area contributed by atoms with E-state index < -0.39 is 7.20 Å². The van der Waals surface area contributed by atoms with Gasteiger partial charge in [0.05, 0.1) is 11.0 Å². The molecule has 0 atom stereocenters. The lowest BCUT2D eigenvalue weighted by atomic mass is 9.98. The van der Waals surface area contributed by atoms with Crippen molar-refractivity contribution >= 4 is 61.8 Å². The van der Waals surface area contributed by atoms with Gasteiger partial charge in [0.2, 0.25) is 0 Å². The Bertz CT molecular complexity index is 1260. The second-order valence-corrected chi connectivity index (χ2v) is 9.24. The van der Waals surface area contributed by atoms with Gasteiger partial charge < -0.3 is 8.66 Å². The molecule has 0 fully saturated rings. The van der Waals surface area contributed by atoms with Crippen LogP contribution in [0.2, 0.25) is 0 Å². The predicted molar refractivity (Wildman–Crippen MR) is 116 cm³/mol. The van der Waals surface area contributed by atoms with E-state index in [1.807, 2.05) is 0 Å². The third kappa shape index (κ3) is 2.13. The maximum Gasteiger partial charge on any atom is 0.126 e. The lowest BCUT2D eigenvalue weighted by molar-refractivity contribution is 1.02. The Labute approximate surface area is 157 Å². The molecule has 5 rings (SSSR count). The summed E-state index contributed by atoms with van der Waals surface area (Å²) in [5.74, 6) is 0. The summed E-state index contributed by atoms with van der Waals surface area (Å²) >= 11 is 6.90. The van der Waals surface area contributed by atoms with Gasteiger partial charge in [-0.3, -0.25) is 0 Å². The maximum atomic E-state index is 6.90. The van der Waals surface area contributed by atoms with E-state index in [1.165, 1.54) is 43.4 Å². The van der Waals surface area contributed by atoms with Crippen LogP contribution in [0.4, 0.5) is 0 Å². The number of rotatable bonds is 0. The summed E-state index contributed by atoms with van der Waals surface area (Å²) in [4.78, 5) is 0. The Kier molecular flexibility index (Phi) is 3.53. The van der Waals surface area contributed by atoms with Crippen molar-refractivity contribution in [3.8, 4) is 0 Å². The molecule has 4 aromatic carbocycles. The van der Waals surface area contributed by atoms with Crippen LogP contribution in [0.3, 0.4) is 0 Å². The van der Waals surface area contributed by atoms with Crippen molar-refractivity contribution in [2.45, 2.75) is 0 Å². The van der Waals surface area contributed by atoms with Gasteiger partial charge in [-0.15, -0.1) is 0 Å². The number of aromatic nitrogens is 2. The first kappa shape index (κ1) is 15.8. The minimum atomic E-state index is -0.986. The predicted octanol–water partition coefficient (Wildman–Crippen LogP) is 7.09. The van der Waals surface area contributed by atoms with Crippen molar-refractivity contribution in [2.24, 2.45) is 14.1 Å². The molecule has 0 amide bonds. The third-order valence-corrected chi connectivity index (χ3v) is 8.04. The van der Waals surface area contributed by atoms with Gasteiger partial charge in [-0.2, -0.15) is 0 Å². The number of benzene rings is 4. The Morgan fingerprint density at radius 3 is 1.50 bits per heavy atom. The Morgan fingerprint density at radius 1 is 0.615 bits per heavy atom. The maximum absolute atomic E-state index is 6.90. The molecule has 4 heteroatoms. The van der Waals surface area contributed by atoms with Crippen molar-refractivity contribution < 1.29 is 0 Å². The number of aryl methyl sites for hydroxylation is 2. The molecule has 0 bridgehead atoms. The van der Waals surface area contributed by atoms with Crippen LogP contribution in [-0.4, -0.2) is 8.66 Å². The van der Waals surface area contributed by atoms with Crippen LogP contribution in [0.5, 0.6) is 0 Å². The Morgan fingerprint density at radius 2 is 1.04 bits per heavy atom. The molecule has 0 saturated heterocycles. The van der Waals surface area contributed by atoms with E-state index in [0.29, 0.717) is 0 Å². The average Bonchev–Trinajstić information content (AvgIpc) is 2.77. The van der Waals surface area contributed by atoms with Crippen molar-refractivity contribution in [2.75, 3.05) is 0 Å². The first-order valence-electron chi connectivity index (χ1n) is 8.64. The van der Waals surface area contributed by atoms with Crippen LogP contribution in [0, 0.1) is 0 Å².